The van der Waals surface area contributed by atoms with Crippen molar-refractivity contribution in [3.63, 3.8) is 0 Å². The summed E-state index contributed by atoms with van der Waals surface area (Å²) in [4.78, 5) is 0. The number of hydrogen-bond acceptors (Lipinski definition) is 3. The lowest BCUT2D eigenvalue weighted by molar-refractivity contribution is 0.247. The predicted molar refractivity (Wildman–Crippen MR) is 107 cm³/mol. The van der Waals surface area contributed by atoms with Gasteiger partial charge in [-0.1, -0.05) is 25.5 Å². The van der Waals surface area contributed by atoms with Crippen LogP contribution in [0.4, 0.5) is 8.78 Å². The number of hydrogen-bond donors (Lipinski definition) is 0. The highest BCUT2D eigenvalue weighted by Gasteiger charge is 2.19. The van der Waals surface area contributed by atoms with E-state index in [4.69, 9.17) is 9.47 Å². The molecule has 27 heavy (non-hydrogen) atoms. The van der Waals surface area contributed by atoms with Gasteiger partial charge >= 0.3 is 0 Å². The molecule has 1 heterocycles. The molecule has 0 saturated heterocycles. The molecule has 0 saturated carbocycles. The van der Waals surface area contributed by atoms with Gasteiger partial charge in [0.05, 0.1) is 22.6 Å². The molecule has 2 nitrogen and oxygen atoms in total. The quantitative estimate of drug-likeness (QED) is 0.325. The zero-order valence-electron chi connectivity index (χ0n) is 15.3. The van der Waals surface area contributed by atoms with Gasteiger partial charge in [-0.3, -0.25) is 0 Å². The highest BCUT2D eigenvalue weighted by molar-refractivity contribution is 7.25. The molecule has 0 fully saturated rings. The zero-order chi connectivity index (χ0) is 18.8. The van der Waals surface area contributed by atoms with Gasteiger partial charge in [-0.2, -0.15) is 0 Å². The maximum atomic E-state index is 15.0. The summed E-state index contributed by atoms with van der Waals surface area (Å²) < 4.78 is 41.9. The van der Waals surface area contributed by atoms with Crippen molar-refractivity contribution in [2.75, 3.05) is 13.2 Å². The van der Waals surface area contributed by atoms with Gasteiger partial charge in [-0.15, -0.1) is 11.3 Å². The van der Waals surface area contributed by atoms with Gasteiger partial charge in [0, 0.05) is 10.8 Å². The van der Waals surface area contributed by atoms with Gasteiger partial charge in [0.25, 0.3) is 0 Å². The average molecular weight is 388 g/mol. The number of benzene rings is 2. The molecule has 3 aromatic rings. The Bertz CT molecular complexity index is 985. The monoisotopic (exact) mass is 388 g/mol. The Morgan fingerprint density at radius 1 is 0.926 bits per heavy atom. The van der Waals surface area contributed by atoms with Gasteiger partial charge in [0.2, 0.25) is 0 Å². The molecular formula is C22H22F2O2S. The first-order valence-corrected chi connectivity index (χ1v) is 10.2. The van der Waals surface area contributed by atoms with Crippen LogP contribution in [0, 0.1) is 17.6 Å². The molecule has 1 aliphatic rings. The second kappa shape index (κ2) is 7.85. The van der Waals surface area contributed by atoms with E-state index in [-0.39, 0.29) is 11.5 Å². The number of rotatable bonds is 7. The predicted octanol–water partition coefficient (Wildman–Crippen LogP) is 6.86. The molecule has 5 heteroatoms. The van der Waals surface area contributed by atoms with Crippen LogP contribution in [0.5, 0.6) is 11.5 Å². The Balaban J connectivity index is 1.65. The normalized spacial score (nSPS) is 14.5. The summed E-state index contributed by atoms with van der Waals surface area (Å²) in [6.45, 7) is 3.02. The van der Waals surface area contributed by atoms with Crippen LogP contribution in [0.15, 0.2) is 36.4 Å². The van der Waals surface area contributed by atoms with Crippen LogP contribution in [0.3, 0.4) is 0 Å². The van der Waals surface area contributed by atoms with Crippen molar-refractivity contribution in [2.24, 2.45) is 5.92 Å². The van der Waals surface area contributed by atoms with Crippen molar-refractivity contribution in [3.8, 4) is 11.5 Å². The first-order chi connectivity index (χ1) is 13.2. The van der Waals surface area contributed by atoms with E-state index in [1.165, 1.54) is 0 Å². The van der Waals surface area contributed by atoms with E-state index in [0.29, 0.717) is 39.3 Å². The standard InChI is InChI=1S/C22H22F2O2S/c1-2-3-12-25-17-10-8-15-16-9-11-18(26-13-14-6-4-5-7-14)20(24)22(16)27-21(15)19(17)23/h4-5,8-11,14H,2-3,6-7,12-13H2,1H3. The topological polar surface area (TPSA) is 18.5 Å². The van der Waals surface area contributed by atoms with E-state index < -0.39 is 11.6 Å². The van der Waals surface area contributed by atoms with Crippen LogP contribution in [0.2, 0.25) is 0 Å². The van der Waals surface area contributed by atoms with Crippen LogP contribution < -0.4 is 9.47 Å². The molecule has 1 aliphatic carbocycles. The van der Waals surface area contributed by atoms with Gasteiger partial charge in [0.15, 0.2) is 23.1 Å². The third kappa shape index (κ3) is 3.53. The summed E-state index contributed by atoms with van der Waals surface area (Å²) in [5, 5.41) is 1.42. The average Bonchev–Trinajstić information content (AvgIpc) is 3.31. The third-order valence-electron chi connectivity index (χ3n) is 4.95. The van der Waals surface area contributed by atoms with Crippen molar-refractivity contribution in [2.45, 2.75) is 32.6 Å². The molecule has 2 aromatic carbocycles. The molecule has 142 valence electrons. The minimum absolute atomic E-state index is 0.230. The van der Waals surface area contributed by atoms with Crippen LogP contribution in [0.25, 0.3) is 20.2 Å². The largest absolute Gasteiger partial charge is 0.490 e. The molecule has 0 unspecified atom stereocenters. The van der Waals surface area contributed by atoms with Crippen LogP contribution in [-0.2, 0) is 0 Å². The van der Waals surface area contributed by atoms with Gasteiger partial charge < -0.3 is 9.47 Å². The molecule has 1 aromatic heterocycles. The minimum atomic E-state index is -0.413. The molecule has 0 amide bonds. The summed E-state index contributed by atoms with van der Waals surface area (Å²) in [5.74, 6) is 0.0490. The lowest BCUT2D eigenvalue weighted by Gasteiger charge is -2.12. The lowest BCUT2D eigenvalue weighted by Crippen LogP contribution is -2.09. The second-order valence-corrected chi connectivity index (χ2v) is 7.95. The fourth-order valence-electron chi connectivity index (χ4n) is 3.37. The first kappa shape index (κ1) is 18.2. The summed E-state index contributed by atoms with van der Waals surface area (Å²) in [6.07, 6.45) is 8.05. The Hall–Kier alpha value is -2.14. The van der Waals surface area contributed by atoms with Gasteiger partial charge in [-0.05, 0) is 49.4 Å². The number of fused-ring (bicyclic) bond motifs is 3. The van der Waals surface area contributed by atoms with Gasteiger partial charge in [0.1, 0.15) is 0 Å². The first-order valence-electron chi connectivity index (χ1n) is 9.42. The van der Waals surface area contributed by atoms with E-state index in [9.17, 15) is 8.78 Å². The Morgan fingerprint density at radius 2 is 1.52 bits per heavy atom. The lowest BCUT2D eigenvalue weighted by atomic mass is 10.1. The van der Waals surface area contributed by atoms with E-state index in [1.807, 2.05) is 12.1 Å². The summed E-state index contributed by atoms with van der Waals surface area (Å²) in [6, 6.07) is 6.91. The molecular weight excluding hydrogens is 366 g/mol. The van der Waals surface area contributed by atoms with Gasteiger partial charge in [-0.25, -0.2) is 8.78 Å². The second-order valence-electron chi connectivity index (χ2n) is 6.93. The number of thiophene rings is 1. The van der Waals surface area contributed by atoms with E-state index in [2.05, 4.69) is 19.1 Å². The van der Waals surface area contributed by atoms with Crippen molar-refractivity contribution in [1.82, 2.24) is 0 Å². The number of ether oxygens (including phenoxy) is 2. The van der Waals surface area contributed by atoms with Crippen LogP contribution in [-0.4, -0.2) is 13.2 Å². The summed E-state index contributed by atoms with van der Waals surface area (Å²) in [5.41, 5.74) is 0. The third-order valence-corrected chi connectivity index (χ3v) is 6.16. The van der Waals surface area contributed by atoms with Crippen LogP contribution >= 0.6 is 11.3 Å². The van der Waals surface area contributed by atoms with Crippen LogP contribution in [0.1, 0.15) is 32.6 Å². The van der Waals surface area contributed by atoms with Crippen molar-refractivity contribution in [3.05, 3.63) is 48.1 Å². The molecule has 0 bridgehead atoms. The van der Waals surface area contributed by atoms with Crippen molar-refractivity contribution < 1.29 is 18.3 Å². The summed E-state index contributed by atoms with van der Waals surface area (Å²) in [7, 11) is 0. The zero-order valence-corrected chi connectivity index (χ0v) is 16.1. The van der Waals surface area contributed by atoms with E-state index in [0.717, 1.165) is 37.0 Å². The number of halogens is 2. The Labute approximate surface area is 161 Å². The fraction of sp³-hybridized carbons (Fsp3) is 0.364. The molecule has 0 N–H and O–H groups in total. The smallest absolute Gasteiger partial charge is 0.182 e. The fourth-order valence-corrected chi connectivity index (χ4v) is 4.53. The molecule has 0 radical (unpaired) electrons. The summed E-state index contributed by atoms with van der Waals surface area (Å²) >= 11 is 1.12. The highest BCUT2D eigenvalue weighted by Crippen LogP contribution is 2.41. The number of unbranched alkanes of at least 4 members (excludes halogenated alkanes) is 1. The molecule has 0 aliphatic heterocycles. The molecule has 0 spiro atoms. The maximum absolute atomic E-state index is 15.0. The Morgan fingerprint density at radius 3 is 2.11 bits per heavy atom. The Kier molecular flexibility index (Phi) is 5.30. The maximum Gasteiger partial charge on any atom is 0.182 e. The van der Waals surface area contributed by atoms with Crippen molar-refractivity contribution in [1.29, 1.82) is 0 Å². The molecule has 4 rings (SSSR count). The van der Waals surface area contributed by atoms with E-state index >= 15 is 0 Å². The van der Waals surface area contributed by atoms with E-state index in [1.54, 1.807) is 12.1 Å². The number of allylic oxidation sites excluding steroid dienone is 2. The van der Waals surface area contributed by atoms with Crippen molar-refractivity contribution >= 4 is 31.5 Å². The minimum Gasteiger partial charge on any atom is -0.490 e. The highest BCUT2D eigenvalue weighted by atomic mass is 32.1. The molecule has 0 atom stereocenters. The SMILES string of the molecule is CCCCOc1ccc2c(sc3c(F)c(OCC4CC=CC4)ccc32)c1F.